The van der Waals surface area contributed by atoms with Crippen LogP contribution < -0.4 is 5.73 Å². The summed E-state index contributed by atoms with van der Waals surface area (Å²) in [7, 11) is 1.93. The first kappa shape index (κ1) is 14.1. The van der Waals surface area contributed by atoms with Crippen LogP contribution in [0, 0.1) is 0 Å². The molecule has 0 amide bonds. The predicted octanol–water partition coefficient (Wildman–Crippen LogP) is 1.15. The normalized spacial score (nSPS) is 12.4. The standard InChI is InChI=1S/C12H25N5/c1-5-12(6-2,9-13)17(7-3)8-11-14-10-15-16(11)4/h10H,5-9,13H2,1-4H3. The van der Waals surface area contributed by atoms with Crippen molar-refractivity contribution in [2.75, 3.05) is 13.1 Å². The third-order valence-corrected chi connectivity index (χ3v) is 3.89. The van der Waals surface area contributed by atoms with Crippen LogP contribution in [-0.4, -0.2) is 38.3 Å². The monoisotopic (exact) mass is 239 g/mol. The van der Waals surface area contributed by atoms with E-state index in [1.54, 1.807) is 6.33 Å². The van der Waals surface area contributed by atoms with Crippen LogP contribution in [0.4, 0.5) is 0 Å². The fourth-order valence-electron chi connectivity index (χ4n) is 2.36. The van der Waals surface area contributed by atoms with Crippen molar-refractivity contribution in [2.45, 2.75) is 45.7 Å². The Hall–Kier alpha value is -0.940. The van der Waals surface area contributed by atoms with Crippen LogP contribution in [0.5, 0.6) is 0 Å². The molecule has 0 aromatic carbocycles. The Bertz CT molecular complexity index is 321. The highest BCUT2D eigenvalue weighted by molar-refractivity contribution is 4.93. The highest BCUT2D eigenvalue weighted by Crippen LogP contribution is 2.24. The van der Waals surface area contributed by atoms with E-state index in [0.717, 1.165) is 31.8 Å². The lowest BCUT2D eigenvalue weighted by Gasteiger charge is -2.41. The molecule has 0 aliphatic carbocycles. The lowest BCUT2D eigenvalue weighted by molar-refractivity contribution is 0.0788. The van der Waals surface area contributed by atoms with Crippen molar-refractivity contribution < 1.29 is 0 Å². The summed E-state index contributed by atoms with van der Waals surface area (Å²) in [5.74, 6) is 0.992. The van der Waals surface area contributed by atoms with E-state index in [1.807, 2.05) is 11.7 Å². The van der Waals surface area contributed by atoms with Crippen molar-refractivity contribution in [3.05, 3.63) is 12.2 Å². The van der Waals surface area contributed by atoms with E-state index in [1.165, 1.54) is 0 Å². The van der Waals surface area contributed by atoms with Crippen molar-refractivity contribution in [3.63, 3.8) is 0 Å². The first-order chi connectivity index (χ1) is 8.13. The summed E-state index contributed by atoms with van der Waals surface area (Å²) in [6.45, 7) is 9.06. The minimum absolute atomic E-state index is 0.0840. The molecule has 98 valence electrons. The van der Waals surface area contributed by atoms with E-state index >= 15 is 0 Å². The van der Waals surface area contributed by atoms with Crippen molar-refractivity contribution in [1.29, 1.82) is 0 Å². The topological polar surface area (TPSA) is 60.0 Å². The predicted molar refractivity (Wildman–Crippen MR) is 69.5 cm³/mol. The summed E-state index contributed by atoms with van der Waals surface area (Å²) in [5, 5.41) is 4.11. The van der Waals surface area contributed by atoms with Gasteiger partial charge in [0.15, 0.2) is 0 Å². The first-order valence-corrected chi connectivity index (χ1v) is 6.41. The number of likely N-dealkylation sites (N-methyl/N-ethyl adjacent to an activating group) is 1. The van der Waals surface area contributed by atoms with E-state index in [0.29, 0.717) is 6.54 Å². The van der Waals surface area contributed by atoms with Gasteiger partial charge < -0.3 is 5.73 Å². The van der Waals surface area contributed by atoms with E-state index < -0.39 is 0 Å². The molecule has 0 aliphatic heterocycles. The summed E-state index contributed by atoms with van der Waals surface area (Å²) in [6, 6.07) is 0. The molecule has 2 N–H and O–H groups in total. The molecule has 5 nitrogen and oxygen atoms in total. The molecular formula is C12H25N5. The number of hydrogen-bond acceptors (Lipinski definition) is 4. The second-order valence-corrected chi connectivity index (χ2v) is 4.45. The van der Waals surface area contributed by atoms with E-state index in [4.69, 9.17) is 5.73 Å². The maximum Gasteiger partial charge on any atom is 0.140 e. The Kier molecular flexibility index (Phi) is 5.08. The van der Waals surface area contributed by atoms with Crippen molar-refractivity contribution in [3.8, 4) is 0 Å². The summed E-state index contributed by atoms with van der Waals surface area (Å²) in [5.41, 5.74) is 6.07. The Labute approximate surface area is 104 Å². The molecule has 17 heavy (non-hydrogen) atoms. The van der Waals surface area contributed by atoms with Gasteiger partial charge in [0.25, 0.3) is 0 Å². The van der Waals surface area contributed by atoms with Gasteiger partial charge in [0.05, 0.1) is 6.54 Å². The molecule has 5 heteroatoms. The van der Waals surface area contributed by atoms with Crippen LogP contribution in [0.15, 0.2) is 6.33 Å². The second-order valence-electron chi connectivity index (χ2n) is 4.45. The number of rotatable bonds is 7. The highest BCUT2D eigenvalue weighted by atomic mass is 15.3. The van der Waals surface area contributed by atoms with Gasteiger partial charge in [0, 0.05) is 19.1 Å². The SMILES string of the molecule is CCN(Cc1ncnn1C)C(CC)(CC)CN. The van der Waals surface area contributed by atoms with Crippen molar-refractivity contribution >= 4 is 0 Å². The molecule has 0 fully saturated rings. The largest absolute Gasteiger partial charge is 0.329 e. The third-order valence-electron chi connectivity index (χ3n) is 3.89. The van der Waals surface area contributed by atoms with Crippen LogP contribution in [0.25, 0.3) is 0 Å². The quantitative estimate of drug-likeness (QED) is 0.775. The molecular weight excluding hydrogens is 214 g/mol. The molecule has 0 saturated carbocycles. The highest BCUT2D eigenvalue weighted by Gasteiger charge is 2.31. The van der Waals surface area contributed by atoms with Gasteiger partial charge in [-0.2, -0.15) is 5.10 Å². The number of nitrogens with two attached hydrogens (primary N) is 1. The Morgan fingerprint density at radius 2 is 2.00 bits per heavy atom. The lowest BCUT2D eigenvalue weighted by atomic mass is 9.90. The summed E-state index contributed by atoms with van der Waals surface area (Å²) in [4.78, 5) is 6.70. The summed E-state index contributed by atoms with van der Waals surface area (Å²) >= 11 is 0. The summed E-state index contributed by atoms with van der Waals surface area (Å²) in [6.07, 6.45) is 3.72. The zero-order chi connectivity index (χ0) is 12.9. The molecule has 0 bridgehead atoms. The van der Waals surface area contributed by atoms with Gasteiger partial charge in [0.2, 0.25) is 0 Å². The van der Waals surface area contributed by atoms with Gasteiger partial charge in [0.1, 0.15) is 12.2 Å². The minimum Gasteiger partial charge on any atom is -0.329 e. The molecule has 1 aromatic heterocycles. The Morgan fingerprint density at radius 1 is 1.35 bits per heavy atom. The van der Waals surface area contributed by atoms with Gasteiger partial charge >= 0.3 is 0 Å². The number of aromatic nitrogens is 3. The summed E-state index contributed by atoms with van der Waals surface area (Å²) < 4.78 is 1.83. The molecule has 1 aromatic rings. The maximum atomic E-state index is 5.99. The molecule has 0 aliphatic rings. The fraction of sp³-hybridized carbons (Fsp3) is 0.833. The van der Waals surface area contributed by atoms with Crippen molar-refractivity contribution in [2.24, 2.45) is 12.8 Å². The van der Waals surface area contributed by atoms with Crippen LogP contribution >= 0.6 is 0 Å². The zero-order valence-corrected chi connectivity index (χ0v) is 11.5. The van der Waals surface area contributed by atoms with Gasteiger partial charge in [-0.3, -0.25) is 9.58 Å². The van der Waals surface area contributed by atoms with Gasteiger partial charge in [-0.15, -0.1) is 0 Å². The maximum absolute atomic E-state index is 5.99. The molecule has 0 spiro atoms. The molecule has 1 rings (SSSR count). The smallest absolute Gasteiger partial charge is 0.140 e. The van der Waals surface area contributed by atoms with E-state index in [2.05, 4.69) is 35.8 Å². The molecule has 0 atom stereocenters. The number of nitrogens with zero attached hydrogens (tertiary/aromatic N) is 4. The van der Waals surface area contributed by atoms with E-state index in [9.17, 15) is 0 Å². The third kappa shape index (κ3) is 2.84. The first-order valence-electron chi connectivity index (χ1n) is 6.41. The fourth-order valence-corrected chi connectivity index (χ4v) is 2.36. The Morgan fingerprint density at radius 3 is 2.35 bits per heavy atom. The van der Waals surface area contributed by atoms with Crippen LogP contribution in [0.2, 0.25) is 0 Å². The van der Waals surface area contributed by atoms with Gasteiger partial charge in [-0.05, 0) is 19.4 Å². The molecule has 0 unspecified atom stereocenters. The van der Waals surface area contributed by atoms with Crippen LogP contribution in [0.3, 0.4) is 0 Å². The number of hydrogen-bond donors (Lipinski definition) is 1. The average Bonchev–Trinajstić information content (AvgIpc) is 2.76. The van der Waals surface area contributed by atoms with Crippen LogP contribution in [0.1, 0.15) is 39.4 Å². The Balaban J connectivity index is 2.87. The van der Waals surface area contributed by atoms with Crippen molar-refractivity contribution in [1.82, 2.24) is 19.7 Å². The zero-order valence-electron chi connectivity index (χ0n) is 11.5. The lowest BCUT2D eigenvalue weighted by Crippen LogP contribution is -2.52. The molecule has 1 heterocycles. The molecule has 0 saturated heterocycles. The van der Waals surface area contributed by atoms with E-state index in [-0.39, 0.29) is 5.54 Å². The molecule has 0 radical (unpaired) electrons. The average molecular weight is 239 g/mol. The number of aryl methyl sites for hydroxylation is 1. The van der Waals surface area contributed by atoms with Gasteiger partial charge in [-0.25, -0.2) is 4.98 Å². The minimum atomic E-state index is 0.0840. The second kappa shape index (κ2) is 6.12. The van der Waals surface area contributed by atoms with Crippen LogP contribution in [-0.2, 0) is 13.6 Å². The van der Waals surface area contributed by atoms with Gasteiger partial charge in [-0.1, -0.05) is 20.8 Å².